The average Bonchev–Trinajstić information content (AvgIpc) is 2.38. The molecule has 3 nitrogen and oxygen atoms in total. The van der Waals surface area contributed by atoms with Crippen LogP contribution in [0.25, 0.3) is 0 Å². The zero-order chi connectivity index (χ0) is 14.8. The first-order valence-electron chi connectivity index (χ1n) is 7.57. The van der Waals surface area contributed by atoms with Crippen molar-refractivity contribution in [2.45, 2.75) is 51.5 Å². The molecule has 2 rings (SSSR count). The number of ether oxygens (including phenoxy) is 1. The second-order valence-corrected chi connectivity index (χ2v) is 6.54. The lowest BCUT2D eigenvalue weighted by Gasteiger charge is -2.46. The van der Waals surface area contributed by atoms with Crippen LogP contribution in [0.5, 0.6) is 0 Å². The van der Waals surface area contributed by atoms with Crippen LogP contribution in [0.1, 0.15) is 39.3 Å². The molecule has 1 saturated heterocycles. The lowest BCUT2D eigenvalue weighted by atomic mass is 9.96. The minimum absolute atomic E-state index is 0.0685. The molecule has 0 radical (unpaired) electrons. The van der Waals surface area contributed by atoms with Gasteiger partial charge in [0.2, 0.25) is 0 Å². The Morgan fingerprint density at radius 2 is 1.95 bits per heavy atom. The molecule has 0 amide bonds. The molecule has 0 saturated carbocycles. The highest BCUT2D eigenvalue weighted by Gasteiger charge is 2.35. The molecule has 1 aromatic rings. The third-order valence-electron chi connectivity index (χ3n) is 4.12. The number of benzene rings is 1. The Morgan fingerprint density at radius 1 is 1.30 bits per heavy atom. The Bertz CT molecular complexity index is 418. The van der Waals surface area contributed by atoms with Gasteiger partial charge in [-0.15, -0.1) is 0 Å². The van der Waals surface area contributed by atoms with E-state index < -0.39 is 0 Å². The Hall–Kier alpha value is -0.900. The number of nitrogens with one attached hydrogen (secondary N) is 1. The van der Waals surface area contributed by atoms with E-state index in [1.54, 1.807) is 0 Å². The van der Waals surface area contributed by atoms with Crippen molar-refractivity contribution in [3.63, 3.8) is 0 Å². The van der Waals surface area contributed by atoms with Crippen LogP contribution < -0.4 is 5.32 Å². The van der Waals surface area contributed by atoms with Gasteiger partial charge in [-0.1, -0.05) is 30.3 Å². The van der Waals surface area contributed by atoms with Crippen molar-refractivity contribution >= 4 is 0 Å². The summed E-state index contributed by atoms with van der Waals surface area (Å²) in [6.45, 7) is 10.8. The van der Waals surface area contributed by atoms with Crippen LogP contribution >= 0.6 is 0 Å². The summed E-state index contributed by atoms with van der Waals surface area (Å²) in [4.78, 5) is 2.54. The molecule has 1 heterocycles. The second kappa shape index (κ2) is 6.25. The molecule has 0 aromatic heterocycles. The summed E-state index contributed by atoms with van der Waals surface area (Å²) < 4.78 is 6.01. The van der Waals surface area contributed by atoms with Gasteiger partial charge in [0.15, 0.2) is 0 Å². The van der Waals surface area contributed by atoms with Crippen molar-refractivity contribution in [1.29, 1.82) is 0 Å². The van der Waals surface area contributed by atoms with Crippen LogP contribution in [-0.2, 0) is 4.74 Å². The highest BCUT2D eigenvalue weighted by Crippen LogP contribution is 2.27. The van der Waals surface area contributed by atoms with E-state index in [-0.39, 0.29) is 11.7 Å². The van der Waals surface area contributed by atoms with Gasteiger partial charge in [-0.25, -0.2) is 0 Å². The number of likely N-dealkylation sites (N-methyl/N-ethyl adjacent to an activating group) is 1. The number of nitrogens with zero attached hydrogens (tertiary/aromatic N) is 1. The van der Waals surface area contributed by atoms with Gasteiger partial charge in [0, 0.05) is 25.2 Å². The van der Waals surface area contributed by atoms with E-state index >= 15 is 0 Å². The van der Waals surface area contributed by atoms with Crippen LogP contribution in [-0.4, -0.2) is 42.8 Å². The van der Waals surface area contributed by atoms with Crippen molar-refractivity contribution in [2.75, 3.05) is 20.1 Å². The minimum atomic E-state index is -0.0685. The van der Waals surface area contributed by atoms with Crippen LogP contribution in [0.15, 0.2) is 30.3 Å². The fourth-order valence-corrected chi connectivity index (χ4v) is 3.37. The fourth-order valence-electron chi connectivity index (χ4n) is 3.37. The lowest BCUT2D eigenvalue weighted by Crippen LogP contribution is -2.56. The van der Waals surface area contributed by atoms with Gasteiger partial charge >= 0.3 is 0 Å². The zero-order valence-corrected chi connectivity index (χ0v) is 13.4. The maximum Gasteiger partial charge on any atom is 0.0757 e. The van der Waals surface area contributed by atoms with Gasteiger partial charge in [-0.05, 0) is 40.3 Å². The van der Waals surface area contributed by atoms with Crippen LogP contribution in [0.2, 0.25) is 0 Å². The smallest absolute Gasteiger partial charge is 0.0757 e. The summed E-state index contributed by atoms with van der Waals surface area (Å²) in [5.74, 6) is 0. The summed E-state index contributed by atoms with van der Waals surface area (Å²) in [7, 11) is 2.04. The highest BCUT2D eigenvalue weighted by molar-refractivity contribution is 5.20. The summed E-state index contributed by atoms with van der Waals surface area (Å²) in [6.07, 6.45) is 0.287. The molecule has 3 heteroatoms. The maximum atomic E-state index is 6.01. The molecule has 112 valence electrons. The Morgan fingerprint density at radius 3 is 2.50 bits per heavy atom. The van der Waals surface area contributed by atoms with Gasteiger partial charge in [-0.2, -0.15) is 0 Å². The first-order valence-corrected chi connectivity index (χ1v) is 7.57. The third-order valence-corrected chi connectivity index (χ3v) is 4.12. The van der Waals surface area contributed by atoms with Gasteiger partial charge in [0.1, 0.15) is 0 Å². The third kappa shape index (κ3) is 3.60. The summed E-state index contributed by atoms with van der Waals surface area (Å²) >= 11 is 0. The maximum absolute atomic E-state index is 6.01. The highest BCUT2D eigenvalue weighted by atomic mass is 16.5. The summed E-state index contributed by atoms with van der Waals surface area (Å²) in [6, 6.07) is 11.5. The van der Waals surface area contributed by atoms with Crippen LogP contribution in [0.3, 0.4) is 0 Å². The molecule has 1 aromatic carbocycles. The normalized spacial score (nSPS) is 26.1. The van der Waals surface area contributed by atoms with E-state index in [2.05, 4.69) is 68.2 Å². The van der Waals surface area contributed by atoms with E-state index in [4.69, 9.17) is 4.74 Å². The number of hydrogen-bond acceptors (Lipinski definition) is 3. The standard InChI is InChI=1S/C17H28N2O/c1-13-11-19(12-17(3,4)20-13)14(2)16(18-5)15-9-7-6-8-10-15/h6-10,13-14,16,18H,11-12H2,1-5H3. The summed E-state index contributed by atoms with van der Waals surface area (Å²) in [5, 5.41) is 3.48. The van der Waals surface area contributed by atoms with Crippen molar-refractivity contribution in [3.8, 4) is 0 Å². The molecule has 1 aliphatic rings. The molecule has 0 spiro atoms. The average molecular weight is 276 g/mol. The Balaban J connectivity index is 2.14. The van der Waals surface area contributed by atoms with E-state index in [1.807, 2.05) is 7.05 Å². The first-order chi connectivity index (χ1) is 9.43. The molecule has 3 atom stereocenters. The number of morpholine rings is 1. The predicted molar refractivity (Wildman–Crippen MR) is 83.9 cm³/mol. The van der Waals surface area contributed by atoms with Gasteiger partial charge in [0.25, 0.3) is 0 Å². The van der Waals surface area contributed by atoms with Crippen molar-refractivity contribution in [2.24, 2.45) is 0 Å². The summed E-state index contributed by atoms with van der Waals surface area (Å²) in [5.41, 5.74) is 1.28. The molecular formula is C17H28N2O. The molecule has 20 heavy (non-hydrogen) atoms. The van der Waals surface area contributed by atoms with E-state index in [9.17, 15) is 0 Å². The van der Waals surface area contributed by atoms with Crippen molar-refractivity contribution in [1.82, 2.24) is 10.2 Å². The number of hydrogen-bond donors (Lipinski definition) is 1. The minimum Gasteiger partial charge on any atom is -0.370 e. The fraction of sp³-hybridized carbons (Fsp3) is 0.647. The largest absolute Gasteiger partial charge is 0.370 e. The van der Waals surface area contributed by atoms with Crippen LogP contribution in [0.4, 0.5) is 0 Å². The molecule has 1 N–H and O–H groups in total. The first kappa shape index (κ1) is 15.5. The molecular weight excluding hydrogens is 248 g/mol. The van der Waals surface area contributed by atoms with E-state index in [0.29, 0.717) is 12.1 Å². The zero-order valence-electron chi connectivity index (χ0n) is 13.4. The molecule has 0 bridgehead atoms. The van der Waals surface area contributed by atoms with Crippen LogP contribution in [0, 0.1) is 0 Å². The van der Waals surface area contributed by atoms with Crippen molar-refractivity contribution in [3.05, 3.63) is 35.9 Å². The van der Waals surface area contributed by atoms with E-state index in [1.165, 1.54) is 5.56 Å². The predicted octanol–water partition coefficient (Wildman–Crippen LogP) is 2.83. The molecule has 3 unspecified atom stereocenters. The SMILES string of the molecule is CNC(c1ccccc1)C(C)N1CC(C)OC(C)(C)C1. The van der Waals surface area contributed by atoms with Gasteiger partial charge in [0.05, 0.1) is 11.7 Å². The molecule has 1 aliphatic heterocycles. The monoisotopic (exact) mass is 276 g/mol. The Labute approximate surface area is 123 Å². The molecule has 0 aliphatic carbocycles. The number of rotatable bonds is 4. The lowest BCUT2D eigenvalue weighted by molar-refractivity contribution is -0.139. The van der Waals surface area contributed by atoms with Gasteiger partial charge in [-0.3, -0.25) is 4.90 Å². The second-order valence-electron chi connectivity index (χ2n) is 6.54. The Kier molecular flexibility index (Phi) is 4.84. The van der Waals surface area contributed by atoms with E-state index in [0.717, 1.165) is 13.1 Å². The van der Waals surface area contributed by atoms with Crippen molar-refractivity contribution < 1.29 is 4.74 Å². The quantitative estimate of drug-likeness (QED) is 0.915. The topological polar surface area (TPSA) is 24.5 Å². The molecule has 1 fully saturated rings. The van der Waals surface area contributed by atoms with Gasteiger partial charge < -0.3 is 10.1 Å².